The molecule has 0 spiro atoms. The second-order valence-electron chi connectivity index (χ2n) is 2.77. The fraction of sp³-hybridized carbons (Fsp3) is 0.100. The molecule has 1 aromatic heterocycles. The summed E-state index contributed by atoms with van der Waals surface area (Å²) in [5.74, 6) is 0.283. The molecular formula is C10H8O2S. The van der Waals surface area contributed by atoms with Gasteiger partial charge in [0.2, 0.25) is 0 Å². The Bertz CT molecular complexity index is 445. The molecule has 0 amide bonds. The predicted molar refractivity (Wildman–Crippen MR) is 53.3 cm³/mol. The van der Waals surface area contributed by atoms with Crippen LogP contribution in [0.25, 0.3) is 10.1 Å². The summed E-state index contributed by atoms with van der Waals surface area (Å²) < 4.78 is 1.02. The highest BCUT2D eigenvalue weighted by molar-refractivity contribution is 7.19. The van der Waals surface area contributed by atoms with Gasteiger partial charge in [0.1, 0.15) is 12.0 Å². The number of carbonyl (C=O) groups is 1. The van der Waals surface area contributed by atoms with Crippen molar-refractivity contribution in [3.05, 3.63) is 29.1 Å². The molecule has 1 N–H and O–H groups in total. The van der Waals surface area contributed by atoms with Crippen molar-refractivity contribution >= 4 is 27.7 Å². The summed E-state index contributed by atoms with van der Waals surface area (Å²) in [7, 11) is 0. The number of thiophene rings is 1. The van der Waals surface area contributed by atoms with Gasteiger partial charge < -0.3 is 9.90 Å². The number of phenolic OH excluding ortho intramolecular Hbond substituents is 1. The van der Waals surface area contributed by atoms with Crippen molar-refractivity contribution in [1.29, 1.82) is 0 Å². The maximum atomic E-state index is 10.3. The van der Waals surface area contributed by atoms with Crippen LogP contribution in [0, 0.1) is 0 Å². The van der Waals surface area contributed by atoms with E-state index in [1.54, 1.807) is 23.5 Å². The number of phenols is 1. The van der Waals surface area contributed by atoms with Gasteiger partial charge in [0.15, 0.2) is 0 Å². The molecule has 0 aliphatic rings. The highest BCUT2D eigenvalue weighted by Gasteiger charge is 2.03. The topological polar surface area (TPSA) is 37.3 Å². The zero-order valence-electron chi connectivity index (χ0n) is 6.86. The van der Waals surface area contributed by atoms with E-state index < -0.39 is 0 Å². The molecule has 66 valence electrons. The second kappa shape index (κ2) is 3.18. The molecular weight excluding hydrogens is 184 g/mol. The van der Waals surface area contributed by atoms with E-state index in [1.807, 2.05) is 12.1 Å². The molecule has 2 rings (SSSR count). The molecule has 0 unspecified atom stereocenters. The zero-order valence-corrected chi connectivity index (χ0v) is 7.67. The van der Waals surface area contributed by atoms with Crippen molar-refractivity contribution in [2.45, 2.75) is 6.42 Å². The van der Waals surface area contributed by atoms with Crippen LogP contribution in [0.4, 0.5) is 0 Å². The van der Waals surface area contributed by atoms with Crippen LogP contribution in [0.3, 0.4) is 0 Å². The lowest BCUT2D eigenvalue weighted by Crippen LogP contribution is -1.76. The van der Waals surface area contributed by atoms with Crippen molar-refractivity contribution in [2.75, 3.05) is 0 Å². The third kappa shape index (κ3) is 1.42. The SMILES string of the molecule is O=CCc1cc2c(O)cccc2s1. The van der Waals surface area contributed by atoms with Crippen molar-refractivity contribution in [1.82, 2.24) is 0 Å². The minimum atomic E-state index is 0.283. The van der Waals surface area contributed by atoms with Gasteiger partial charge in [-0.05, 0) is 18.2 Å². The maximum Gasteiger partial charge on any atom is 0.125 e. The third-order valence-electron chi connectivity index (χ3n) is 1.87. The lowest BCUT2D eigenvalue weighted by Gasteiger charge is -1.90. The van der Waals surface area contributed by atoms with Gasteiger partial charge in [-0.2, -0.15) is 0 Å². The minimum Gasteiger partial charge on any atom is -0.507 e. The van der Waals surface area contributed by atoms with E-state index in [9.17, 15) is 9.90 Å². The maximum absolute atomic E-state index is 10.3. The number of benzene rings is 1. The minimum absolute atomic E-state index is 0.283. The summed E-state index contributed by atoms with van der Waals surface area (Å²) in [6, 6.07) is 7.26. The molecule has 0 aliphatic carbocycles. The third-order valence-corrected chi connectivity index (χ3v) is 3.00. The quantitative estimate of drug-likeness (QED) is 0.741. The monoisotopic (exact) mass is 192 g/mol. The average Bonchev–Trinajstić information content (AvgIpc) is 2.49. The first-order valence-corrected chi connectivity index (χ1v) is 4.77. The largest absolute Gasteiger partial charge is 0.507 e. The van der Waals surface area contributed by atoms with Crippen molar-refractivity contribution in [3.8, 4) is 5.75 Å². The molecule has 0 aliphatic heterocycles. The molecule has 1 aromatic carbocycles. The number of hydrogen-bond acceptors (Lipinski definition) is 3. The summed E-state index contributed by atoms with van der Waals surface area (Å²) in [6.07, 6.45) is 1.31. The standard InChI is InChI=1S/C10H8O2S/c11-5-4-7-6-8-9(12)2-1-3-10(8)13-7/h1-3,5-6,12H,4H2. The van der Waals surface area contributed by atoms with Gasteiger partial charge in [0, 0.05) is 21.4 Å². The van der Waals surface area contributed by atoms with Crippen LogP contribution in [-0.2, 0) is 11.2 Å². The Morgan fingerprint density at radius 3 is 3.00 bits per heavy atom. The lowest BCUT2D eigenvalue weighted by atomic mass is 10.2. The van der Waals surface area contributed by atoms with E-state index in [0.29, 0.717) is 6.42 Å². The highest BCUT2D eigenvalue weighted by Crippen LogP contribution is 2.31. The van der Waals surface area contributed by atoms with Gasteiger partial charge in [-0.25, -0.2) is 0 Å². The number of aldehydes is 1. The van der Waals surface area contributed by atoms with Crippen LogP contribution in [0.1, 0.15) is 4.88 Å². The Balaban J connectivity index is 2.61. The van der Waals surface area contributed by atoms with Crippen molar-refractivity contribution < 1.29 is 9.90 Å². The van der Waals surface area contributed by atoms with Crippen LogP contribution < -0.4 is 0 Å². The predicted octanol–water partition coefficient (Wildman–Crippen LogP) is 2.35. The smallest absolute Gasteiger partial charge is 0.125 e. The molecule has 0 radical (unpaired) electrons. The first-order chi connectivity index (χ1) is 6.31. The zero-order chi connectivity index (χ0) is 9.26. The number of fused-ring (bicyclic) bond motifs is 1. The van der Waals surface area contributed by atoms with Gasteiger partial charge >= 0.3 is 0 Å². The molecule has 0 saturated heterocycles. The Hall–Kier alpha value is -1.35. The lowest BCUT2D eigenvalue weighted by molar-refractivity contribution is -0.107. The molecule has 0 atom stereocenters. The molecule has 2 aromatic rings. The molecule has 1 heterocycles. The van der Waals surface area contributed by atoms with Gasteiger partial charge in [-0.1, -0.05) is 6.07 Å². The molecule has 2 nitrogen and oxygen atoms in total. The van der Waals surface area contributed by atoms with Crippen LogP contribution in [-0.4, -0.2) is 11.4 Å². The van der Waals surface area contributed by atoms with E-state index in [4.69, 9.17) is 0 Å². The number of aromatic hydroxyl groups is 1. The van der Waals surface area contributed by atoms with Gasteiger partial charge in [-0.3, -0.25) is 0 Å². The van der Waals surface area contributed by atoms with Gasteiger partial charge in [0.05, 0.1) is 0 Å². The second-order valence-corrected chi connectivity index (χ2v) is 3.94. The fourth-order valence-corrected chi connectivity index (χ4v) is 2.31. The number of carbonyl (C=O) groups excluding carboxylic acids is 1. The highest BCUT2D eigenvalue weighted by atomic mass is 32.1. The van der Waals surface area contributed by atoms with Crippen LogP contribution in [0.5, 0.6) is 5.75 Å². The summed E-state index contributed by atoms with van der Waals surface area (Å²) in [4.78, 5) is 11.3. The van der Waals surface area contributed by atoms with Crippen LogP contribution in [0.15, 0.2) is 24.3 Å². The van der Waals surface area contributed by atoms with E-state index in [0.717, 1.165) is 21.2 Å². The molecule has 3 heteroatoms. The first-order valence-electron chi connectivity index (χ1n) is 3.95. The first kappa shape index (κ1) is 8.26. The Morgan fingerprint density at radius 2 is 2.31 bits per heavy atom. The van der Waals surface area contributed by atoms with Gasteiger partial charge in [0.25, 0.3) is 0 Å². The van der Waals surface area contributed by atoms with Crippen LogP contribution in [0.2, 0.25) is 0 Å². The van der Waals surface area contributed by atoms with E-state index in [-0.39, 0.29) is 5.75 Å². The van der Waals surface area contributed by atoms with Crippen molar-refractivity contribution in [2.24, 2.45) is 0 Å². The summed E-state index contributed by atoms with van der Waals surface area (Å²) in [6.45, 7) is 0. The Morgan fingerprint density at radius 1 is 1.46 bits per heavy atom. The normalized spacial score (nSPS) is 10.5. The molecule has 13 heavy (non-hydrogen) atoms. The molecule has 0 bridgehead atoms. The van der Waals surface area contributed by atoms with E-state index in [2.05, 4.69) is 0 Å². The van der Waals surface area contributed by atoms with E-state index >= 15 is 0 Å². The summed E-state index contributed by atoms with van der Waals surface area (Å²) >= 11 is 1.54. The Labute approximate surface area is 79.4 Å². The number of rotatable bonds is 2. The average molecular weight is 192 g/mol. The summed E-state index contributed by atoms with van der Waals surface area (Å²) in [5, 5.41) is 10.3. The number of hydrogen-bond donors (Lipinski definition) is 1. The van der Waals surface area contributed by atoms with Crippen LogP contribution >= 0.6 is 11.3 Å². The molecule has 0 saturated carbocycles. The van der Waals surface area contributed by atoms with E-state index in [1.165, 1.54) is 0 Å². The fourth-order valence-electron chi connectivity index (χ4n) is 1.28. The summed E-state index contributed by atoms with van der Waals surface area (Å²) in [5.41, 5.74) is 0. The van der Waals surface area contributed by atoms with Gasteiger partial charge in [-0.15, -0.1) is 11.3 Å². The molecule has 0 fully saturated rings. The van der Waals surface area contributed by atoms with Crippen molar-refractivity contribution in [3.63, 3.8) is 0 Å². The Kier molecular flexibility index (Phi) is 2.02.